The fraction of sp³-hybridized carbons (Fsp3) is 0.400. The highest BCUT2D eigenvalue weighted by molar-refractivity contribution is 6.35. The van der Waals surface area contributed by atoms with Gasteiger partial charge in [-0.3, -0.25) is 10.1 Å². The summed E-state index contributed by atoms with van der Waals surface area (Å²) < 4.78 is 0. The number of benzene rings is 2. The second-order valence-corrected chi connectivity index (χ2v) is 8.60. The number of nitrogens with zero attached hydrogens (tertiary/aromatic N) is 1. The third-order valence-electron chi connectivity index (χ3n) is 6.58. The molecule has 1 heterocycles. The van der Waals surface area contributed by atoms with E-state index in [1.165, 1.54) is 19.3 Å². The van der Waals surface area contributed by atoms with E-state index >= 15 is 0 Å². The van der Waals surface area contributed by atoms with Crippen LogP contribution in [0.15, 0.2) is 36.4 Å². The molecule has 2 aromatic carbocycles. The molecule has 0 amide bonds. The monoisotopic (exact) mass is 388 g/mol. The van der Waals surface area contributed by atoms with E-state index in [0.29, 0.717) is 33.7 Å². The molecular formula is C20H18Cl2N2O2. The van der Waals surface area contributed by atoms with Crippen LogP contribution in [0.1, 0.15) is 42.3 Å². The maximum atomic E-state index is 11.3. The van der Waals surface area contributed by atoms with Crippen molar-refractivity contribution >= 4 is 34.6 Å². The van der Waals surface area contributed by atoms with Crippen molar-refractivity contribution in [1.82, 2.24) is 0 Å². The van der Waals surface area contributed by atoms with Crippen molar-refractivity contribution < 1.29 is 4.92 Å². The Morgan fingerprint density at radius 2 is 1.85 bits per heavy atom. The first-order valence-corrected chi connectivity index (χ1v) is 9.78. The van der Waals surface area contributed by atoms with Gasteiger partial charge in [-0.2, -0.15) is 0 Å². The molecule has 0 spiro atoms. The van der Waals surface area contributed by atoms with E-state index in [9.17, 15) is 10.1 Å². The van der Waals surface area contributed by atoms with Gasteiger partial charge < -0.3 is 5.32 Å². The lowest BCUT2D eigenvalue weighted by Crippen LogP contribution is -2.35. The highest BCUT2D eigenvalue weighted by Gasteiger charge is 2.54. The topological polar surface area (TPSA) is 55.2 Å². The van der Waals surface area contributed by atoms with Crippen molar-refractivity contribution in [3.63, 3.8) is 0 Å². The van der Waals surface area contributed by atoms with Crippen LogP contribution in [0, 0.1) is 27.9 Å². The zero-order chi connectivity index (χ0) is 18.0. The van der Waals surface area contributed by atoms with Crippen molar-refractivity contribution in [3.05, 3.63) is 67.7 Å². The van der Waals surface area contributed by atoms with Gasteiger partial charge in [-0.25, -0.2) is 0 Å². The predicted molar refractivity (Wildman–Crippen MR) is 103 cm³/mol. The molecule has 2 saturated carbocycles. The molecule has 2 fully saturated rings. The lowest BCUT2D eigenvalue weighted by molar-refractivity contribution is -0.384. The second kappa shape index (κ2) is 5.86. The molecule has 1 aliphatic heterocycles. The number of non-ortho nitro benzene ring substituents is 1. The van der Waals surface area contributed by atoms with Crippen LogP contribution in [-0.2, 0) is 0 Å². The molecule has 6 heteroatoms. The maximum absolute atomic E-state index is 11.3. The molecular weight excluding hydrogens is 371 g/mol. The first kappa shape index (κ1) is 16.4. The van der Waals surface area contributed by atoms with Gasteiger partial charge in [0.25, 0.3) is 5.69 Å². The van der Waals surface area contributed by atoms with Crippen LogP contribution in [0.3, 0.4) is 0 Å². The summed E-state index contributed by atoms with van der Waals surface area (Å²) in [6.45, 7) is 0. The van der Waals surface area contributed by atoms with Gasteiger partial charge in [0.15, 0.2) is 0 Å². The molecule has 134 valence electrons. The van der Waals surface area contributed by atoms with Crippen LogP contribution in [0.4, 0.5) is 11.4 Å². The minimum absolute atomic E-state index is 0.119. The Labute approximate surface area is 161 Å². The Morgan fingerprint density at radius 3 is 2.62 bits per heavy atom. The Morgan fingerprint density at radius 1 is 1.04 bits per heavy atom. The zero-order valence-electron chi connectivity index (χ0n) is 14.0. The van der Waals surface area contributed by atoms with Gasteiger partial charge >= 0.3 is 0 Å². The quantitative estimate of drug-likeness (QED) is 0.492. The van der Waals surface area contributed by atoms with E-state index in [1.54, 1.807) is 18.2 Å². The Kier molecular flexibility index (Phi) is 3.70. The zero-order valence-corrected chi connectivity index (χ0v) is 15.5. The van der Waals surface area contributed by atoms with Crippen molar-refractivity contribution in [2.45, 2.75) is 31.2 Å². The normalized spacial score (nSPS) is 31.2. The molecule has 5 rings (SSSR count). The number of nitrogens with one attached hydrogen (secondary N) is 1. The lowest BCUT2D eigenvalue weighted by Gasteiger charge is -2.43. The predicted octanol–water partition coefficient (Wildman–Crippen LogP) is 6.20. The van der Waals surface area contributed by atoms with E-state index in [2.05, 4.69) is 5.32 Å². The summed E-state index contributed by atoms with van der Waals surface area (Å²) in [6, 6.07) is 11.0. The molecule has 2 aliphatic carbocycles. The summed E-state index contributed by atoms with van der Waals surface area (Å²) in [5.74, 6) is 2.03. The number of hydrogen-bond acceptors (Lipinski definition) is 3. The van der Waals surface area contributed by atoms with E-state index in [4.69, 9.17) is 23.2 Å². The van der Waals surface area contributed by atoms with Crippen molar-refractivity contribution in [1.29, 1.82) is 0 Å². The lowest BCUT2D eigenvalue weighted by atomic mass is 9.68. The van der Waals surface area contributed by atoms with Gasteiger partial charge in [-0.1, -0.05) is 29.3 Å². The second-order valence-electron chi connectivity index (χ2n) is 7.75. The molecule has 0 saturated heterocycles. The van der Waals surface area contributed by atoms with Crippen LogP contribution < -0.4 is 5.32 Å². The SMILES string of the molecule is O=[N+]([O-])c1ccc2c(c1)[C@@H]1[C@@H]3CC[C@@H](C3)[C@@H]1[C@H](c1ccc(Cl)cc1Cl)N2. The van der Waals surface area contributed by atoms with Gasteiger partial charge in [0.05, 0.1) is 11.0 Å². The highest BCUT2D eigenvalue weighted by atomic mass is 35.5. The summed E-state index contributed by atoms with van der Waals surface area (Å²) in [5.41, 5.74) is 3.36. The maximum Gasteiger partial charge on any atom is 0.269 e. The van der Waals surface area contributed by atoms with Gasteiger partial charge in [-0.05, 0) is 72.3 Å². The molecule has 2 bridgehead atoms. The standard InChI is InChI=1S/C20H18Cl2N2O2/c21-12-3-5-14(16(22)8-12)20-19-11-2-1-10(7-11)18(19)15-9-13(24(25)26)4-6-17(15)23-20/h3-6,8-11,18-20,23H,1-2,7H2/t10-,11+,18+,19+,20+/m1/s1. The van der Waals surface area contributed by atoms with E-state index in [0.717, 1.165) is 16.8 Å². The third kappa shape index (κ3) is 2.35. The number of hydrogen-bond donors (Lipinski definition) is 1. The summed E-state index contributed by atoms with van der Waals surface area (Å²) in [6.07, 6.45) is 3.66. The average Bonchev–Trinajstić information content (AvgIpc) is 3.23. The molecule has 0 radical (unpaired) electrons. The van der Waals surface area contributed by atoms with Crippen LogP contribution in [0.25, 0.3) is 0 Å². The van der Waals surface area contributed by atoms with Crippen molar-refractivity contribution in [2.75, 3.05) is 5.32 Å². The van der Waals surface area contributed by atoms with E-state index in [-0.39, 0.29) is 16.7 Å². The van der Waals surface area contributed by atoms with Gasteiger partial charge in [0.1, 0.15) is 0 Å². The number of nitro benzene ring substituents is 1. The van der Waals surface area contributed by atoms with Crippen molar-refractivity contribution in [3.8, 4) is 0 Å². The molecule has 4 nitrogen and oxygen atoms in total. The van der Waals surface area contributed by atoms with Gasteiger partial charge in [-0.15, -0.1) is 0 Å². The number of rotatable bonds is 2. The Bertz CT molecular complexity index is 917. The average molecular weight is 389 g/mol. The Balaban J connectivity index is 1.64. The molecule has 2 aromatic rings. The number of nitro groups is 1. The van der Waals surface area contributed by atoms with Crippen molar-refractivity contribution in [2.24, 2.45) is 17.8 Å². The van der Waals surface area contributed by atoms with Crippen LogP contribution in [-0.4, -0.2) is 4.92 Å². The molecule has 0 aromatic heterocycles. The molecule has 26 heavy (non-hydrogen) atoms. The summed E-state index contributed by atoms with van der Waals surface area (Å²) >= 11 is 12.6. The Hall–Kier alpha value is -1.78. The van der Waals surface area contributed by atoms with E-state index in [1.807, 2.05) is 18.2 Å². The van der Waals surface area contributed by atoms with Crippen LogP contribution in [0.2, 0.25) is 10.0 Å². The molecule has 3 aliphatic rings. The smallest absolute Gasteiger partial charge is 0.269 e. The third-order valence-corrected chi connectivity index (χ3v) is 7.14. The summed E-state index contributed by atoms with van der Waals surface area (Å²) in [5, 5.41) is 16.2. The van der Waals surface area contributed by atoms with Crippen LogP contribution >= 0.6 is 23.2 Å². The first-order valence-electron chi connectivity index (χ1n) is 9.03. The molecule has 0 unspecified atom stereocenters. The number of anilines is 1. The van der Waals surface area contributed by atoms with Gasteiger partial charge in [0.2, 0.25) is 0 Å². The molecule has 1 N–H and O–H groups in total. The van der Waals surface area contributed by atoms with Gasteiger partial charge in [0, 0.05) is 27.9 Å². The number of fused-ring (bicyclic) bond motifs is 7. The molecule has 5 atom stereocenters. The fourth-order valence-corrected chi connectivity index (χ4v) is 6.18. The minimum Gasteiger partial charge on any atom is -0.378 e. The van der Waals surface area contributed by atoms with E-state index < -0.39 is 0 Å². The summed E-state index contributed by atoms with van der Waals surface area (Å²) in [4.78, 5) is 11.0. The summed E-state index contributed by atoms with van der Waals surface area (Å²) in [7, 11) is 0. The number of halogens is 2. The highest BCUT2D eigenvalue weighted by Crippen LogP contribution is 2.64. The first-order chi connectivity index (χ1) is 12.5. The minimum atomic E-state index is -0.301. The van der Waals surface area contributed by atoms with Crippen LogP contribution in [0.5, 0.6) is 0 Å². The fourth-order valence-electron chi connectivity index (χ4n) is 5.65. The largest absolute Gasteiger partial charge is 0.378 e.